The molecule has 1 aliphatic rings. The molecule has 5 nitrogen and oxygen atoms in total. The maximum atomic E-state index is 12.6. The molecule has 0 spiro atoms. The monoisotopic (exact) mass is 472 g/mol. The van der Waals surface area contributed by atoms with Gasteiger partial charge in [0, 0.05) is 30.3 Å². The topological polar surface area (TPSA) is 43.0 Å². The lowest BCUT2D eigenvalue weighted by molar-refractivity contribution is -0.0498. The van der Waals surface area contributed by atoms with Gasteiger partial charge in [0.1, 0.15) is 24.3 Å². The Balaban J connectivity index is 1.50. The number of rotatable bonds is 9. The van der Waals surface area contributed by atoms with Crippen LogP contribution in [0, 0.1) is 0 Å². The summed E-state index contributed by atoms with van der Waals surface area (Å²) in [4.78, 5) is 3.26. The number of thioether (sulfide) groups is 1. The molecule has 33 heavy (non-hydrogen) atoms. The summed E-state index contributed by atoms with van der Waals surface area (Å²) in [5.74, 6) is 0.841. The molecule has 1 aliphatic heterocycles. The number of anilines is 2. The lowest BCUT2D eigenvalue weighted by Gasteiger charge is -2.32. The van der Waals surface area contributed by atoms with Crippen LogP contribution >= 0.6 is 11.8 Å². The second-order valence-electron chi connectivity index (χ2n) is 7.45. The average Bonchev–Trinajstić information content (AvgIpc) is 2.84. The lowest BCUT2D eigenvalue weighted by atomic mass is 10.1. The highest BCUT2D eigenvalue weighted by Crippen LogP contribution is 2.39. The van der Waals surface area contributed by atoms with E-state index in [2.05, 4.69) is 40.6 Å². The van der Waals surface area contributed by atoms with E-state index in [4.69, 9.17) is 9.47 Å². The molecule has 0 aliphatic carbocycles. The smallest absolute Gasteiger partial charge is 0.387 e. The van der Waals surface area contributed by atoms with E-state index in [-0.39, 0.29) is 12.0 Å². The highest BCUT2D eigenvalue weighted by Gasteiger charge is 2.22. The summed E-state index contributed by atoms with van der Waals surface area (Å²) >= 11 is 1.71. The van der Waals surface area contributed by atoms with Crippen molar-refractivity contribution in [1.82, 2.24) is 5.32 Å². The van der Waals surface area contributed by atoms with Crippen LogP contribution in [0.1, 0.15) is 17.4 Å². The van der Waals surface area contributed by atoms with Crippen LogP contribution in [0.4, 0.5) is 20.2 Å². The van der Waals surface area contributed by atoms with E-state index in [1.807, 2.05) is 29.2 Å². The quantitative estimate of drug-likeness (QED) is 0.306. The Morgan fingerprint density at radius 1 is 1.09 bits per heavy atom. The lowest BCUT2D eigenvalue weighted by Crippen LogP contribution is -2.29. The molecule has 3 aromatic rings. The highest BCUT2D eigenvalue weighted by molar-refractivity contribution is 7.98. The van der Waals surface area contributed by atoms with E-state index in [9.17, 15) is 8.78 Å². The predicted molar refractivity (Wildman–Crippen MR) is 127 cm³/mol. The second kappa shape index (κ2) is 10.9. The number of methoxy groups -OCH3 is 1. The molecule has 174 valence electrons. The summed E-state index contributed by atoms with van der Waals surface area (Å²) in [6, 6.07) is 21.0. The minimum absolute atomic E-state index is 0.126. The molecule has 0 amide bonds. The van der Waals surface area contributed by atoms with E-state index in [0.717, 1.165) is 16.9 Å². The maximum absolute atomic E-state index is 12.6. The van der Waals surface area contributed by atoms with Crippen LogP contribution in [0.5, 0.6) is 11.5 Å². The fourth-order valence-corrected chi connectivity index (χ4v) is 4.19. The minimum Gasteiger partial charge on any atom is -0.490 e. The number of nitrogens with zero attached hydrogens (tertiary/aromatic N) is 1. The number of halogens is 2. The van der Waals surface area contributed by atoms with Gasteiger partial charge in [-0.2, -0.15) is 8.78 Å². The van der Waals surface area contributed by atoms with Gasteiger partial charge >= 0.3 is 6.61 Å². The zero-order valence-electron chi connectivity index (χ0n) is 18.5. The molecule has 0 radical (unpaired) electrons. The van der Waals surface area contributed by atoms with Gasteiger partial charge in [-0.15, -0.1) is 11.8 Å². The van der Waals surface area contributed by atoms with E-state index < -0.39 is 6.61 Å². The SMILES string of the molecule is COC(NCc1ccc(SC)cc1)c1ccc2c(c1)OCCN2c1cccc(OC(F)F)c1. The average molecular weight is 473 g/mol. The Bertz CT molecular complexity index is 1070. The van der Waals surface area contributed by atoms with Crippen molar-refractivity contribution < 1.29 is 23.0 Å². The van der Waals surface area contributed by atoms with Crippen molar-refractivity contribution in [3.8, 4) is 11.5 Å². The molecule has 0 fully saturated rings. The minimum atomic E-state index is -2.86. The van der Waals surface area contributed by atoms with Crippen molar-refractivity contribution in [1.29, 1.82) is 0 Å². The van der Waals surface area contributed by atoms with Gasteiger partial charge in [0.05, 0.1) is 12.2 Å². The summed E-state index contributed by atoms with van der Waals surface area (Å²) in [5, 5.41) is 3.43. The zero-order valence-corrected chi connectivity index (χ0v) is 19.3. The molecule has 3 aromatic carbocycles. The van der Waals surface area contributed by atoms with Crippen LogP contribution in [0.15, 0.2) is 71.6 Å². The number of nitrogens with one attached hydrogen (secondary N) is 1. The van der Waals surface area contributed by atoms with Gasteiger partial charge in [-0.05, 0) is 53.8 Å². The largest absolute Gasteiger partial charge is 0.490 e. The molecule has 0 saturated carbocycles. The molecule has 1 heterocycles. The molecule has 1 N–H and O–H groups in total. The van der Waals surface area contributed by atoms with Crippen LogP contribution < -0.4 is 19.7 Å². The maximum Gasteiger partial charge on any atom is 0.387 e. The van der Waals surface area contributed by atoms with Gasteiger partial charge in [0.2, 0.25) is 0 Å². The first-order valence-electron chi connectivity index (χ1n) is 10.6. The molecule has 1 unspecified atom stereocenters. The van der Waals surface area contributed by atoms with Crippen LogP contribution in [-0.2, 0) is 11.3 Å². The van der Waals surface area contributed by atoms with Crippen molar-refractivity contribution in [3.05, 3.63) is 77.9 Å². The third-order valence-corrected chi connectivity index (χ3v) is 6.13. The van der Waals surface area contributed by atoms with Gasteiger partial charge in [-0.25, -0.2) is 0 Å². The number of hydrogen-bond donors (Lipinski definition) is 1. The summed E-state index contributed by atoms with van der Waals surface area (Å²) in [6.07, 6.45) is 1.75. The van der Waals surface area contributed by atoms with Crippen molar-refractivity contribution in [2.75, 3.05) is 31.4 Å². The molecule has 0 aromatic heterocycles. The first-order valence-corrected chi connectivity index (χ1v) is 11.8. The molecule has 0 bridgehead atoms. The first kappa shape index (κ1) is 23.4. The van der Waals surface area contributed by atoms with E-state index in [1.165, 1.54) is 16.5 Å². The Kier molecular flexibility index (Phi) is 7.69. The van der Waals surface area contributed by atoms with Crippen molar-refractivity contribution in [2.24, 2.45) is 0 Å². The van der Waals surface area contributed by atoms with E-state index >= 15 is 0 Å². The van der Waals surface area contributed by atoms with Crippen LogP contribution in [0.25, 0.3) is 0 Å². The molecule has 1 atom stereocenters. The molecule has 0 saturated heterocycles. The Morgan fingerprint density at radius 2 is 1.91 bits per heavy atom. The highest BCUT2D eigenvalue weighted by atomic mass is 32.2. The predicted octanol–water partition coefficient (Wildman–Crippen LogP) is 5.98. The third-order valence-electron chi connectivity index (χ3n) is 5.39. The standard InChI is InChI=1S/C25H26F2N2O3S/c1-30-24(28-16-17-6-9-21(33-2)10-7-17)18-8-11-22-23(14-18)31-13-12-29(22)19-4-3-5-20(15-19)32-25(26)27/h3-11,14-15,24-25,28H,12-13,16H2,1-2H3. The van der Waals surface area contributed by atoms with Crippen molar-refractivity contribution in [2.45, 2.75) is 24.3 Å². The Hall–Kier alpha value is -2.81. The third kappa shape index (κ3) is 5.76. The summed E-state index contributed by atoms with van der Waals surface area (Å²) in [5.41, 5.74) is 3.73. The summed E-state index contributed by atoms with van der Waals surface area (Å²) in [6.45, 7) is -1.12. The first-order chi connectivity index (χ1) is 16.1. The Morgan fingerprint density at radius 3 is 2.64 bits per heavy atom. The van der Waals surface area contributed by atoms with Crippen LogP contribution in [0.3, 0.4) is 0 Å². The number of alkyl halides is 2. The van der Waals surface area contributed by atoms with Crippen LogP contribution in [0.2, 0.25) is 0 Å². The molecule has 8 heteroatoms. The van der Waals surface area contributed by atoms with Gasteiger partial charge in [-0.3, -0.25) is 5.32 Å². The van der Waals surface area contributed by atoms with Crippen LogP contribution in [-0.4, -0.2) is 33.1 Å². The number of fused-ring (bicyclic) bond motifs is 1. The fraction of sp³-hybridized carbons (Fsp3) is 0.280. The van der Waals surface area contributed by atoms with E-state index in [0.29, 0.717) is 25.4 Å². The molecular formula is C25H26F2N2O3S. The Labute approximate surface area is 196 Å². The number of ether oxygens (including phenoxy) is 3. The summed E-state index contributed by atoms with van der Waals surface area (Å²) in [7, 11) is 1.66. The van der Waals surface area contributed by atoms with Gasteiger partial charge in [0.15, 0.2) is 0 Å². The number of hydrogen-bond acceptors (Lipinski definition) is 6. The number of benzene rings is 3. The van der Waals surface area contributed by atoms with Gasteiger partial charge in [0.25, 0.3) is 0 Å². The zero-order chi connectivity index (χ0) is 23.2. The van der Waals surface area contributed by atoms with Gasteiger partial charge in [-0.1, -0.05) is 24.3 Å². The second-order valence-corrected chi connectivity index (χ2v) is 8.33. The van der Waals surface area contributed by atoms with Gasteiger partial charge < -0.3 is 19.1 Å². The fourth-order valence-electron chi connectivity index (χ4n) is 3.79. The van der Waals surface area contributed by atoms with E-state index in [1.54, 1.807) is 31.0 Å². The molecule has 4 rings (SSSR count). The molecular weight excluding hydrogens is 446 g/mol. The normalized spacial score (nSPS) is 14.0. The van der Waals surface area contributed by atoms with Crippen molar-refractivity contribution >= 4 is 23.1 Å². The van der Waals surface area contributed by atoms with Crippen molar-refractivity contribution in [3.63, 3.8) is 0 Å². The summed E-state index contributed by atoms with van der Waals surface area (Å²) < 4.78 is 41.4.